The Balaban J connectivity index is 2.66. The Bertz CT molecular complexity index is 356. The van der Waals surface area contributed by atoms with Gasteiger partial charge in [0.2, 0.25) is 0 Å². The second kappa shape index (κ2) is 8.22. The molecule has 1 rings (SSSR count). The van der Waals surface area contributed by atoms with Gasteiger partial charge in [0.1, 0.15) is 0 Å². The van der Waals surface area contributed by atoms with Crippen molar-refractivity contribution in [3.8, 4) is 0 Å². The third-order valence-electron chi connectivity index (χ3n) is 4.33. The maximum absolute atomic E-state index is 12.4. The maximum Gasteiger partial charge on any atom is 0.317 e. The number of methoxy groups -OCH3 is 1. The summed E-state index contributed by atoms with van der Waals surface area (Å²) in [7, 11) is 1.61. The Hall–Kier alpha value is -1.30. The number of aliphatic carboxylic acids is 1. The normalized spacial score (nSPS) is 23.7. The standard InChI is InChI=1S/C15H28N2O4/c1-4-7-12(10-21-3)16-14(20)17-9-6-8-15(5-2,11-17)13(18)19/h12H,4-11H2,1-3H3,(H,16,20)(H,18,19). The van der Waals surface area contributed by atoms with E-state index in [0.29, 0.717) is 26.0 Å². The fourth-order valence-electron chi connectivity index (χ4n) is 2.93. The number of rotatable bonds is 7. The summed E-state index contributed by atoms with van der Waals surface area (Å²) in [5, 5.41) is 12.4. The molecule has 2 N–H and O–H groups in total. The molecular formula is C15H28N2O4. The SMILES string of the molecule is CCCC(COC)NC(=O)N1CCCC(CC)(C(=O)O)C1. The first-order valence-corrected chi connectivity index (χ1v) is 7.76. The summed E-state index contributed by atoms with van der Waals surface area (Å²) in [5.41, 5.74) is -0.795. The lowest BCUT2D eigenvalue weighted by atomic mass is 9.78. The Kier molecular flexibility index (Phi) is 6.95. The van der Waals surface area contributed by atoms with Crippen molar-refractivity contribution in [3.63, 3.8) is 0 Å². The van der Waals surface area contributed by atoms with Gasteiger partial charge >= 0.3 is 12.0 Å². The highest BCUT2D eigenvalue weighted by molar-refractivity contribution is 5.79. The third kappa shape index (κ3) is 4.59. The van der Waals surface area contributed by atoms with E-state index >= 15 is 0 Å². The lowest BCUT2D eigenvalue weighted by Gasteiger charge is -2.39. The van der Waals surface area contributed by atoms with Crippen LogP contribution in [0.15, 0.2) is 0 Å². The van der Waals surface area contributed by atoms with Crippen LogP contribution in [0.2, 0.25) is 0 Å². The number of likely N-dealkylation sites (tertiary alicyclic amines) is 1. The highest BCUT2D eigenvalue weighted by Gasteiger charge is 2.42. The first kappa shape index (κ1) is 17.8. The fourth-order valence-corrected chi connectivity index (χ4v) is 2.93. The highest BCUT2D eigenvalue weighted by Crippen LogP contribution is 2.33. The number of nitrogens with zero attached hydrogens (tertiary/aromatic N) is 1. The van der Waals surface area contributed by atoms with Crippen LogP contribution in [0, 0.1) is 5.41 Å². The molecule has 6 heteroatoms. The quantitative estimate of drug-likeness (QED) is 0.754. The van der Waals surface area contributed by atoms with Gasteiger partial charge in [-0.05, 0) is 25.7 Å². The van der Waals surface area contributed by atoms with Crippen molar-refractivity contribution in [2.45, 2.75) is 52.0 Å². The average Bonchev–Trinajstić information content (AvgIpc) is 2.47. The second-order valence-corrected chi connectivity index (χ2v) is 5.85. The number of hydrogen-bond donors (Lipinski definition) is 2. The largest absolute Gasteiger partial charge is 0.481 e. The van der Waals surface area contributed by atoms with Crippen molar-refractivity contribution in [1.29, 1.82) is 0 Å². The van der Waals surface area contributed by atoms with Gasteiger partial charge in [-0.1, -0.05) is 20.3 Å². The zero-order chi connectivity index (χ0) is 15.9. The first-order chi connectivity index (χ1) is 9.99. The predicted molar refractivity (Wildman–Crippen MR) is 80.3 cm³/mol. The van der Waals surface area contributed by atoms with Crippen LogP contribution >= 0.6 is 0 Å². The lowest BCUT2D eigenvalue weighted by molar-refractivity contribution is -0.152. The van der Waals surface area contributed by atoms with E-state index in [1.807, 2.05) is 6.92 Å². The minimum absolute atomic E-state index is 0.0183. The zero-order valence-electron chi connectivity index (χ0n) is 13.4. The van der Waals surface area contributed by atoms with Crippen molar-refractivity contribution >= 4 is 12.0 Å². The molecule has 122 valence electrons. The van der Waals surface area contributed by atoms with Gasteiger partial charge in [0.25, 0.3) is 0 Å². The van der Waals surface area contributed by atoms with Crippen molar-refractivity contribution in [2.24, 2.45) is 5.41 Å². The van der Waals surface area contributed by atoms with Gasteiger partial charge in [0.05, 0.1) is 18.1 Å². The van der Waals surface area contributed by atoms with Crippen LogP contribution in [-0.2, 0) is 9.53 Å². The van der Waals surface area contributed by atoms with Crippen LogP contribution in [-0.4, -0.2) is 54.9 Å². The number of hydrogen-bond acceptors (Lipinski definition) is 3. The average molecular weight is 300 g/mol. The van der Waals surface area contributed by atoms with Gasteiger partial charge in [-0.25, -0.2) is 4.79 Å². The van der Waals surface area contributed by atoms with E-state index in [9.17, 15) is 14.7 Å². The van der Waals surface area contributed by atoms with Gasteiger partial charge in [-0.2, -0.15) is 0 Å². The number of urea groups is 1. The molecule has 1 heterocycles. The summed E-state index contributed by atoms with van der Waals surface area (Å²) < 4.78 is 5.12. The molecule has 0 aromatic carbocycles. The molecule has 2 unspecified atom stereocenters. The number of carboxylic acid groups (broad SMARTS) is 1. The molecule has 0 aromatic rings. The molecule has 0 aromatic heterocycles. The summed E-state index contributed by atoms with van der Waals surface area (Å²) in [6.45, 7) is 5.32. The molecule has 0 spiro atoms. The summed E-state index contributed by atoms with van der Waals surface area (Å²) >= 11 is 0. The lowest BCUT2D eigenvalue weighted by Crippen LogP contribution is -2.54. The van der Waals surface area contributed by atoms with Crippen molar-refractivity contribution in [1.82, 2.24) is 10.2 Å². The summed E-state index contributed by atoms with van der Waals surface area (Å²) in [6.07, 6.45) is 3.73. The van der Waals surface area contributed by atoms with Crippen LogP contribution < -0.4 is 5.32 Å². The number of piperidine rings is 1. The zero-order valence-corrected chi connectivity index (χ0v) is 13.4. The van der Waals surface area contributed by atoms with Crippen LogP contribution in [0.3, 0.4) is 0 Å². The Morgan fingerprint density at radius 1 is 1.43 bits per heavy atom. The molecule has 6 nitrogen and oxygen atoms in total. The number of amides is 2. The number of carboxylic acids is 1. The second-order valence-electron chi connectivity index (χ2n) is 5.85. The van der Waals surface area contributed by atoms with Gasteiger partial charge in [0.15, 0.2) is 0 Å². The van der Waals surface area contributed by atoms with Crippen molar-refractivity contribution < 1.29 is 19.4 Å². The molecule has 1 fully saturated rings. The smallest absolute Gasteiger partial charge is 0.317 e. The monoisotopic (exact) mass is 300 g/mol. The van der Waals surface area contributed by atoms with Gasteiger partial charge in [0, 0.05) is 20.2 Å². The number of ether oxygens (including phenoxy) is 1. The van der Waals surface area contributed by atoms with E-state index in [-0.39, 0.29) is 18.6 Å². The summed E-state index contributed by atoms with van der Waals surface area (Å²) in [5.74, 6) is -0.801. The summed E-state index contributed by atoms with van der Waals surface area (Å²) in [4.78, 5) is 25.5. The van der Waals surface area contributed by atoms with E-state index in [1.54, 1.807) is 12.0 Å². The fraction of sp³-hybridized carbons (Fsp3) is 0.867. The van der Waals surface area contributed by atoms with Gasteiger partial charge < -0.3 is 20.1 Å². The minimum atomic E-state index is -0.801. The molecule has 1 aliphatic heterocycles. The number of carbonyl (C=O) groups is 2. The topological polar surface area (TPSA) is 78.9 Å². The van der Waals surface area contributed by atoms with Crippen LogP contribution in [0.25, 0.3) is 0 Å². The molecule has 21 heavy (non-hydrogen) atoms. The summed E-state index contributed by atoms with van der Waals surface area (Å²) in [6, 6.07) is -0.195. The predicted octanol–water partition coefficient (Wildman–Crippen LogP) is 2.09. The van der Waals surface area contributed by atoms with Crippen LogP contribution in [0.1, 0.15) is 46.0 Å². The highest BCUT2D eigenvalue weighted by atomic mass is 16.5. The van der Waals surface area contributed by atoms with E-state index in [4.69, 9.17) is 4.74 Å². The number of nitrogens with one attached hydrogen (secondary N) is 1. The van der Waals surface area contributed by atoms with Crippen molar-refractivity contribution in [3.05, 3.63) is 0 Å². The molecule has 2 amide bonds. The van der Waals surface area contributed by atoms with E-state index in [2.05, 4.69) is 12.2 Å². The maximum atomic E-state index is 12.4. The molecular weight excluding hydrogens is 272 g/mol. The molecule has 0 aliphatic carbocycles. The third-order valence-corrected chi connectivity index (χ3v) is 4.33. The Labute approximate surface area is 126 Å². The molecule has 1 saturated heterocycles. The molecule has 0 radical (unpaired) electrons. The van der Waals surface area contributed by atoms with E-state index < -0.39 is 11.4 Å². The minimum Gasteiger partial charge on any atom is -0.481 e. The Morgan fingerprint density at radius 2 is 2.14 bits per heavy atom. The first-order valence-electron chi connectivity index (χ1n) is 7.76. The van der Waals surface area contributed by atoms with Crippen LogP contribution in [0.4, 0.5) is 4.79 Å². The molecule has 2 atom stereocenters. The van der Waals surface area contributed by atoms with Crippen LogP contribution in [0.5, 0.6) is 0 Å². The van der Waals surface area contributed by atoms with E-state index in [1.165, 1.54) is 0 Å². The van der Waals surface area contributed by atoms with E-state index in [0.717, 1.165) is 19.3 Å². The van der Waals surface area contributed by atoms with Gasteiger partial charge in [-0.3, -0.25) is 4.79 Å². The molecule has 0 saturated carbocycles. The molecule has 1 aliphatic rings. The van der Waals surface area contributed by atoms with Gasteiger partial charge in [-0.15, -0.1) is 0 Å². The number of carbonyl (C=O) groups excluding carboxylic acids is 1. The molecule has 0 bridgehead atoms. The van der Waals surface area contributed by atoms with Crippen molar-refractivity contribution in [2.75, 3.05) is 26.8 Å². The Morgan fingerprint density at radius 3 is 2.67 bits per heavy atom.